The maximum atomic E-state index is 13.5. The zero-order chi connectivity index (χ0) is 13.0. The molecular formula is C14H20FNO2. The van der Waals surface area contributed by atoms with Crippen LogP contribution in [0.5, 0.6) is 5.75 Å². The summed E-state index contributed by atoms with van der Waals surface area (Å²) < 4.78 is 18.4. The van der Waals surface area contributed by atoms with E-state index < -0.39 is 0 Å². The van der Waals surface area contributed by atoms with E-state index in [9.17, 15) is 9.50 Å². The molecule has 3 nitrogen and oxygen atoms in total. The highest BCUT2D eigenvalue weighted by Crippen LogP contribution is 2.20. The maximum Gasteiger partial charge on any atom is 0.165 e. The van der Waals surface area contributed by atoms with Crippen LogP contribution in [0.15, 0.2) is 18.2 Å². The minimum atomic E-state index is -0.323. The predicted octanol–water partition coefficient (Wildman–Crippen LogP) is 2.23. The van der Waals surface area contributed by atoms with Crippen molar-refractivity contribution in [3.8, 4) is 5.75 Å². The van der Waals surface area contributed by atoms with E-state index in [1.54, 1.807) is 6.07 Å². The van der Waals surface area contributed by atoms with Gasteiger partial charge in [0, 0.05) is 12.6 Å². The average molecular weight is 253 g/mol. The third-order valence-electron chi connectivity index (χ3n) is 3.51. The fraction of sp³-hybridized carbons (Fsp3) is 0.571. The Labute approximate surface area is 107 Å². The molecule has 1 saturated carbocycles. The Kier molecular flexibility index (Phi) is 4.55. The Hall–Kier alpha value is -1.13. The summed E-state index contributed by atoms with van der Waals surface area (Å²) in [6.45, 7) is 0.654. The monoisotopic (exact) mass is 253 g/mol. The van der Waals surface area contributed by atoms with E-state index in [2.05, 4.69) is 5.32 Å². The van der Waals surface area contributed by atoms with Gasteiger partial charge in [0.15, 0.2) is 11.6 Å². The lowest BCUT2D eigenvalue weighted by atomic mass is 9.93. The molecule has 4 heteroatoms. The summed E-state index contributed by atoms with van der Waals surface area (Å²) in [5.41, 5.74) is 0.916. The molecule has 1 aromatic rings. The smallest absolute Gasteiger partial charge is 0.165 e. The SMILES string of the molecule is COc1ccc(CNC2CCC(O)CC2)cc1F. The highest BCUT2D eigenvalue weighted by molar-refractivity contribution is 5.29. The van der Waals surface area contributed by atoms with E-state index in [1.165, 1.54) is 13.2 Å². The van der Waals surface area contributed by atoms with Gasteiger partial charge in [-0.1, -0.05) is 6.07 Å². The van der Waals surface area contributed by atoms with Crippen LogP contribution in [0.2, 0.25) is 0 Å². The molecule has 18 heavy (non-hydrogen) atoms. The molecule has 2 N–H and O–H groups in total. The Morgan fingerprint density at radius 1 is 1.33 bits per heavy atom. The van der Waals surface area contributed by atoms with Gasteiger partial charge in [0.25, 0.3) is 0 Å². The Balaban J connectivity index is 1.84. The van der Waals surface area contributed by atoms with Gasteiger partial charge in [-0.25, -0.2) is 4.39 Å². The lowest BCUT2D eigenvalue weighted by molar-refractivity contribution is 0.116. The number of aliphatic hydroxyl groups is 1. The van der Waals surface area contributed by atoms with Gasteiger partial charge in [-0.3, -0.25) is 0 Å². The lowest BCUT2D eigenvalue weighted by Gasteiger charge is -2.26. The Morgan fingerprint density at radius 3 is 2.67 bits per heavy atom. The van der Waals surface area contributed by atoms with Crippen LogP contribution in [0.1, 0.15) is 31.2 Å². The number of ether oxygens (including phenoxy) is 1. The molecule has 0 atom stereocenters. The fourth-order valence-electron chi connectivity index (χ4n) is 2.36. The molecule has 0 radical (unpaired) electrons. The van der Waals surface area contributed by atoms with E-state index >= 15 is 0 Å². The van der Waals surface area contributed by atoms with Crippen molar-refractivity contribution in [1.82, 2.24) is 5.32 Å². The summed E-state index contributed by atoms with van der Waals surface area (Å²) in [5, 5.41) is 12.8. The number of aliphatic hydroxyl groups excluding tert-OH is 1. The molecule has 0 heterocycles. The van der Waals surface area contributed by atoms with E-state index in [1.807, 2.05) is 6.07 Å². The van der Waals surface area contributed by atoms with Crippen LogP contribution < -0.4 is 10.1 Å². The second kappa shape index (κ2) is 6.16. The summed E-state index contributed by atoms with van der Waals surface area (Å²) in [5.74, 6) is -0.0459. The molecule has 100 valence electrons. The second-order valence-corrected chi connectivity index (χ2v) is 4.86. The van der Waals surface area contributed by atoms with Crippen LogP contribution in [-0.2, 0) is 6.54 Å². The van der Waals surface area contributed by atoms with Gasteiger partial charge in [-0.05, 0) is 43.4 Å². The van der Waals surface area contributed by atoms with Crippen molar-refractivity contribution in [2.24, 2.45) is 0 Å². The molecule has 0 aliphatic heterocycles. The normalized spacial score (nSPS) is 23.9. The topological polar surface area (TPSA) is 41.5 Å². The van der Waals surface area contributed by atoms with Crippen molar-refractivity contribution in [3.05, 3.63) is 29.6 Å². The summed E-state index contributed by atoms with van der Waals surface area (Å²) >= 11 is 0. The molecular weight excluding hydrogens is 233 g/mol. The average Bonchev–Trinajstić information content (AvgIpc) is 2.38. The zero-order valence-electron chi connectivity index (χ0n) is 10.7. The van der Waals surface area contributed by atoms with Gasteiger partial charge in [0.1, 0.15) is 0 Å². The fourth-order valence-corrected chi connectivity index (χ4v) is 2.36. The van der Waals surface area contributed by atoms with Gasteiger partial charge < -0.3 is 15.2 Å². The zero-order valence-corrected chi connectivity index (χ0v) is 10.7. The summed E-state index contributed by atoms with van der Waals surface area (Å²) in [6.07, 6.45) is 3.55. The van der Waals surface area contributed by atoms with Crippen LogP contribution in [0.3, 0.4) is 0 Å². The van der Waals surface area contributed by atoms with Crippen molar-refractivity contribution >= 4 is 0 Å². The summed E-state index contributed by atoms with van der Waals surface area (Å²) in [7, 11) is 1.46. The molecule has 1 aromatic carbocycles. The van der Waals surface area contributed by atoms with Crippen LogP contribution >= 0.6 is 0 Å². The van der Waals surface area contributed by atoms with E-state index in [4.69, 9.17) is 4.74 Å². The van der Waals surface area contributed by atoms with E-state index in [0.29, 0.717) is 12.6 Å². The van der Waals surface area contributed by atoms with Crippen LogP contribution in [-0.4, -0.2) is 24.4 Å². The van der Waals surface area contributed by atoms with Crippen molar-refractivity contribution < 1.29 is 14.2 Å². The first-order valence-corrected chi connectivity index (χ1v) is 6.43. The summed E-state index contributed by atoms with van der Waals surface area (Å²) in [6, 6.07) is 5.45. The Bertz CT molecular complexity index is 389. The molecule has 1 aliphatic rings. The van der Waals surface area contributed by atoms with Gasteiger partial charge in [-0.15, -0.1) is 0 Å². The minimum Gasteiger partial charge on any atom is -0.494 e. The van der Waals surface area contributed by atoms with Gasteiger partial charge in [0.05, 0.1) is 13.2 Å². The first-order chi connectivity index (χ1) is 8.69. The molecule has 0 amide bonds. The van der Waals surface area contributed by atoms with Crippen molar-refractivity contribution in [2.75, 3.05) is 7.11 Å². The number of rotatable bonds is 4. The lowest BCUT2D eigenvalue weighted by Crippen LogP contribution is -2.34. The molecule has 0 spiro atoms. The predicted molar refractivity (Wildman–Crippen MR) is 68.1 cm³/mol. The number of halogens is 1. The number of nitrogens with one attached hydrogen (secondary N) is 1. The quantitative estimate of drug-likeness (QED) is 0.864. The van der Waals surface area contributed by atoms with Crippen LogP contribution in [0.4, 0.5) is 4.39 Å². The summed E-state index contributed by atoms with van der Waals surface area (Å²) in [4.78, 5) is 0. The largest absolute Gasteiger partial charge is 0.494 e. The Morgan fingerprint density at radius 2 is 2.06 bits per heavy atom. The van der Waals surface area contributed by atoms with Crippen molar-refractivity contribution in [1.29, 1.82) is 0 Å². The van der Waals surface area contributed by atoms with Gasteiger partial charge in [0.2, 0.25) is 0 Å². The van der Waals surface area contributed by atoms with E-state index in [0.717, 1.165) is 31.2 Å². The van der Waals surface area contributed by atoms with Crippen molar-refractivity contribution in [2.45, 2.75) is 44.4 Å². The van der Waals surface area contributed by atoms with Gasteiger partial charge in [-0.2, -0.15) is 0 Å². The minimum absolute atomic E-state index is 0.138. The highest BCUT2D eigenvalue weighted by Gasteiger charge is 2.18. The molecule has 0 unspecified atom stereocenters. The number of hydrogen-bond acceptors (Lipinski definition) is 3. The highest BCUT2D eigenvalue weighted by atomic mass is 19.1. The standard InChI is InChI=1S/C14H20FNO2/c1-18-14-7-2-10(8-13(14)15)9-16-11-3-5-12(17)6-4-11/h2,7-8,11-12,16-17H,3-6,9H2,1H3. The molecule has 1 fully saturated rings. The molecule has 1 aliphatic carbocycles. The van der Waals surface area contributed by atoms with Crippen LogP contribution in [0.25, 0.3) is 0 Å². The second-order valence-electron chi connectivity index (χ2n) is 4.86. The number of hydrogen-bond donors (Lipinski definition) is 2. The number of methoxy groups -OCH3 is 1. The van der Waals surface area contributed by atoms with Crippen molar-refractivity contribution in [3.63, 3.8) is 0 Å². The van der Waals surface area contributed by atoms with E-state index in [-0.39, 0.29) is 17.7 Å². The first-order valence-electron chi connectivity index (χ1n) is 6.43. The third-order valence-corrected chi connectivity index (χ3v) is 3.51. The van der Waals surface area contributed by atoms with Gasteiger partial charge >= 0.3 is 0 Å². The first kappa shape index (κ1) is 13.3. The molecule has 0 bridgehead atoms. The third kappa shape index (κ3) is 3.43. The van der Waals surface area contributed by atoms with Crippen LogP contribution in [0, 0.1) is 5.82 Å². The molecule has 0 aromatic heterocycles. The maximum absolute atomic E-state index is 13.5. The molecule has 2 rings (SSSR count). The number of benzene rings is 1. The molecule has 0 saturated heterocycles.